The van der Waals surface area contributed by atoms with Gasteiger partial charge < -0.3 is 54.8 Å². The molecule has 7 aliphatic rings. The summed E-state index contributed by atoms with van der Waals surface area (Å²) in [6.45, 7) is 12.5. The van der Waals surface area contributed by atoms with E-state index in [4.69, 9.17) is 38.4 Å². The van der Waals surface area contributed by atoms with Gasteiger partial charge in [0.15, 0.2) is 40.1 Å². The van der Waals surface area contributed by atoms with E-state index in [-0.39, 0.29) is 53.2 Å². The first-order chi connectivity index (χ1) is 68.4. The Balaban J connectivity index is 0.000000117. The summed E-state index contributed by atoms with van der Waals surface area (Å²) in [7, 11) is 1.54. The number of alkyl halides is 6. The molecule has 0 radical (unpaired) electrons. The second-order valence-corrected chi connectivity index (χ2v) is 35.8. The zero-order valence-electron chi connectivity index (χ0n) is 76.7. The van der Waals surface area contributed by atoms with Crippen LogP contribution in [0, 0.1) is 11.3 Å². The van der Waals surface area contributed by atoms with E-state index in [9.17, 15) is 50.3 Å². The summed E-state index contributed by atoms with van der Waals surface area (Å²) in [6.07, 6.45) is 18.2. The standard InChI is InChI=1S/C22H26F2N6O2.C20H21F2N7O.C19H19ClN6O.C17H17ClN6O.C16H15F2N7O2/c1-32-13-16(31)6-2-4-15-5-3-9-29(12-15)21-10-18(26-14-27-21)19-11-25-20-8-7-17(22(23)24)28-30(19)20;21-19(22)13-1-2-16-23-10-15(29(16)27-13)14-9-17(26-12-25-14)28-7-5-20(6-8-28)4-3-18(30)24-11-20;20-16-4-5-17-22-11-15(26(17)23-16)13-6-7-21-18(10-13)24-8-9-25-14(12-24)2-1-3-19(25)27;1-12(25)22-6-8-23(9-7-22)17-10-13(4-5-19-17)14-11-20-16-3-2-15(18)21-24(14)16;17-15(18)9-1-2-13-20-6-11(25(13)23-9)10-5-14(22-8-21-10)24-3-4-27-12(7-24)16(19)26/h7-8,10-11,14-15,22H,2-6,9,12-13H2,1H3;1-2,9-10,12,19H,3-8,11H2,(H,24,30);4-7,10-11,14H,1-3,8-9,12H2;2-5,10-11H,6-9H2,1H3;1-2,5-6,8,12,15H,3-4,7H2,(H2,19,26). The molecule has 3 atom stereocenters. The van der Waals surface area contributed by atoms with Gasteiger partial charge in [-0.15, -0.1) is 0 Å². The van der Waals surface area contributed by atoms with Crippen molar-refractivity contribution in [2.75, 3.05) is 136 Å². The van der Waals surface area contributed by atoms with Crippen LogP contribution in [0.5, 0.6) is 0 Å². The summed E-state index contributed by atoms with van der Waals surface area (Å²) in [5.41, 5.74) is 14.3. The molecule has 732 valence electrons. The fraction of sp³-hybridized carbons (Fsp3) is 0.394. The quantitative estimate of drug-likeness (QED) is 0.0669. The van der Waals surface area contributed by atoms with Crippen LogP contribution in [0.25, 0.3) is 84.9 Å². The average molecular weight is 1970 g/mol. The molecule has 15 aromatic heterocycles. The zero-order chi connectivity index (χ0) is 98.0. The Morgan fingerprint density at radius 1 is 0.482 bits per heavy atom. The maximum atomic E-state index is 13.1. The first-order valence-electron chi connectivity index (χ1n) is 46.2. The van der Waals surface area contributed by atoms with Crippen molar-refractivity contribution >= 4 is 110 Å². The van der Waals surface area contributed by atoms with Gasteiger partial charge in [0, 0.05) is 166 Å². The number of ketones is 1. The van der Waals surface area contributed by atoms with Crippen LogP contribution in [0.1, 0.15) is 120 Å². The number of pyridine rings is 2. The SMILES string of the molecule is CC(=O)N1CCN(c2cc(-c3cnc4ccc(Cl)nn34)ccn2)CC1.COCC(=O)CCCC1CCCN(c2cc(-c3cnc4ccc(C(F)F)nn34)ncn2)C1.NC(=O)C1CN(c2cc(-c3cnc4ccc(C(F)F)nn34)ncn2)CCO1.O=C1CCC2(CCN(c3cc(-c4cnc5ccc(C(F)F)nn45)ncn3)CC2)CN1.O=C1CCCC2CN(c3cc(-c4cnc5ccc(Cl)nn45)ccn3)CCN12. The highest BCUT2D eigenvalue weighted by Gasteiger charge is 2.39. The van der Waals surface area contributed by atoms with Gasteiger partial charge in [-0.3, -0.25) is 24.0 Å². The predicted molar refractivity (Wildman–Crippen MR) is 508 cm³/mol. The molecular weight excluding hydrogens is 1870 g/mol. The number of anilines is 5. The number of hydrogen-bond acceptors (Lipinski definition) is 30. The zero-order valence-corrected chi connectivity index (χ0v) is 78.2. The predicted octanol–water partition coefficient (Wildman–Crippen LogP) is 11.9. The second-order valence-electron chi connectivity index (χ2n) is 35.0. The minimum Gasteiger partial charge on any atom is -0.377 e. The van der Waals surface area contributed by atoms with Crippen molar-refractivity contribution in [3.05, 3.63) is 193 Å². The van der Waals surface area contributed by atoms with Crippen LogP contribution in [-0.4, -0.2) is 276 Å². The summed E-state index contributed by atoms with van der Waals surface area (Å²) in [5.74, 6) is 4.58. The van der Waals surface area contributed by atoms with Crippen LogP contribution in [0.15, 0.2) is 165 Å². The molecular formula is C94H98Cl2F6N32O7. The molecule has 7 saturated heterocycles. The van der Waals surface area contributed by atoms with Gasteiger partial charge in [-0.1, -0.05) is 23.2 Å². The van der Waals surface area contributed by atoms with Gasteiger partial charge in [0.05, 0.1) is 72.6 Å². The minimum atomic E-state index is -2.69. The molecule has 0 aromatic carbocycles. The Morgan fingerprint density at radius 2 is 0.936 bits per heavy atom. The topological polar surface area (TPSA) is 419 Å². The number of carbonyl (C=O) groups is 5. The summed E-state index contributed by atoms with van der Waals surface area (Å²) < 4.78 is 96.1. The Labute approximate surface area is 811 Å². The molecule has 1 spiro atoms. The van der Waals surface area contributed by atoms with Crippen molar-refractivity contribution in [2.45, 2.75) is 115 Å². The number of fused-ring (bicyclic) bond motifs is 6. The second kappa shape index (κ2) is 43.3. The Kier molecular flexibility index (Phi) is 29.7. The van der Waals surface area contributed by atoms with Crippen LogP contribution in [0.2, 0.25) is 10.3 Å². The van der Waals surface area contributed by atoms with Crippen LogP contribution in [0.4, 0.5) is 55.4 Å². The lowest BCUT2D eigenvalue weighted by molar-refractivity contribution is -0.137. The van der Waals surface area contributed by atoms with Gasteiger partial charge in [0.1, 0.15) is 99.1 Å². The first-order valence-corrected chi connectivity index (χ1v) is 46.9. The molecule has 0 saturated carbocycles. The van der Waals surface area contributed by atoms with E-state index in [1.807, 2.05) is 63.4 Å². The normalized spacial score (nSPS) is 17.7. The molecule has 141 heavy (non-hydrogen) atoms. The molecule has 3 N–H and O–H groups in total. The number of nitrogens with zero attached hydrogens (tertiary/aromatic N) is 30. The third-order valence-electron chi connectivity index (χ3n) is 26.0. The highest BCUT2D eigenvalue weighted by Crippen LogP contribution is 2.40. The Morgan fingerprint density at radius 3 is 1.42 bits per heavy atom. The highest BCUT2D eigenvalue weighted by atomic mass is 35.5. The largest absolute Gasteiger partial charge is 0.377 e. The van der Waals surface area contributed by atoms with Gasteiger partial charge in [-0.05, 0) is 154 Å². The Hall–Kier alpha value is -14.7. The first kappa shape index (κ1) is 96.5. The van der Waals surface area contributed by atoms with Crippen molar-refractivity contribution in [1.29, 1.82) is 0 Å². The molecule has 0 bridgehead atoms. The lowest BCUT2D eigenvalue weighted by Crippen LogP contribution is -2.57. The van der Waals surface area contributed by atoms with Crippen molar-refractivity contribution in [3.8, 4) is 56.7 Å². The molecule has 39 nitrogen and oxygen atoms in total. The maximum absolute atomic E-state index is 13.1. The van der Waals surface area contributed by atoms with Crippen molar-refractivity contribution in [2.24, 2.45) is 17.1 Å². The molecule has 3 unspecified atom stereocenters. The minimum absolute atomic E-state index is 0.120. The Bertz CT molecular complexity index is 7010. The average Bonchev–Trinajstić information content (AvgIpc) is 1.72. The van der Waals surface area contributed by atoms with E-state index in [0.29, 0.717) is 131 Å². The van der Waals surface area contributed by atoms with Crippen molar-refractivity contribution in [3.63, 3.8) is 0 Å². The van der Waals surface area contributed by atoms with E-state index >= 15 is 0 Å². The van der Waals surface area contributed by atoms with Gasteiger partial charge in [-0.2, -0.15) is 25.5 Å². The molecule has 47 heteroatoms. The number of halogens is 8. The number of rotatable bonds is 20. The summed E-state index contributed by atoms with van der Waals surface area (Å²) >= 11 is 12.1. The number of aromatic nitrogens is 23. The fourth-order valence-electron chi connectivity index (χ4n) is 18.5. The number of imidazole rings is 5. The number of nitrogens with two attached hydrogens (primary N) is 1. The van der Waals surface area contributed by atoms with E-state index in [1.54, 1.807) is 65.1 Å². The lowest BCUT2D eigenvalue weighted by atomic mass is 9.73. The van der Waals surface area contributed by atoms with Gasteiger partial charge in [-0.25, -0.2) is 114 Å². The molecule has 4 amide bonds. The number of nitrogens with one attached hydrogen (secondary N) is 1. The number of piperidine rings is 4. The number of ether oxygens (including phenoxy) is 2. The number of amides is 4. The third-order valence-corrected chi connectivity index (χ3v) is 26.4. The smallest absolute Gasteiger partial charge is 0.282 e. The third kappa shape index (κ3) is 22.4. The fourth-order valence-corrected chi connectivity index (χ4v) is 18.7. The highest BCUT2D eigenvalue weighted by molar-refractivity contribution is 6.29. The summed E-state index contributed by atoms with van der Waals surface area (Å²) in [6, 6.07) is 29.1. The molecule has 0 aliphatic carbocycles. The lowest BCUT2D eigenvalue weighted by Gasteiger charge is -2.44. The van der Waals surface area contributed by atoms with Crippen LogP contribution < -0.4 is 35.6 Å². The molecule has 22 rings (SSSR count). The number of carbonyl (C=O) groups excluding carboxylic acids is 5. The number of methoxy groups -OCH3 is 1. The summed E-state index contributed by atoms with van der Waals surface area (Å²) in [4.78, 5) is 129. The molecule has 7 fully saturated rings. The molecule has 7 aliphatic heterocycles. The van der Waals surface area contributed by atoms with Gasteiger partial charge in [0.2, 0.25) is 23.6 Å². The van der Waals surface area contributed by atoms with Crippen molar-refractivity contribution in [1.82, 2.24) is 128 Å². The monoisotopic (exact) mass is 1970 g/mol. The van der Waals surface area contributed by atoms with E-state index < -0.39 is 31.3 Å². The van der Waals surface area contributed by atoms with Gasteiger partial charge in [0.25, 0.3) is 19.3 Å². The van der Waals surface area contributed by atoms with Gasteiger partial charge >= 0.3 is 0 Å². The van der Waals surface area contributed by atoms with Crippen LogP contribution in [0.3, 0.4) is 0 Å². The van der Waals surface area contributed by atoms with E-state index in [1.165, 1.54) is 82.2 Å². The van der Waals surface area contributed by atoms with E-state index in [2.05, 4.69) is 121 Å². The maximum Gasteiger partial charge on any atom is 0.282 e. The van der Waals surface area contributed by atoms with Crippen molar-refractivity contribution < 1.29 is 59.8 Å². The number of morpholine rings is 1. The summed E-state index contributed by atoms with van der Waals surface area (Å²) in [5, 5.41) is 24.5. The number of Topliss-reactive ketones (excluding diaryl/α,β-unsaturated/α-hetero) is 1. The van der Waals surface area contributed by atoms with E-state index in [0.717, 1.165) is 180 Å². The van der Waals surface area contributed by atoms with Crippen LogP contribution >= 0.6 is 23.2 Å². The van der Waals surface area contributed by atoms with Crippen LogP contribution in [-0.2, 0) is 33.4 Å². The molecule has 22 heterocycles. The number of hydrogen-bond donors (Lipinski definition) is 2. The number of primary amides is 1. The number of piperazine rings is 2. The molecule has 15 aromatic rings.